The first kappa shape index (κ1) is 16.2. The number of benzene rings is 2. The molecule has 0 fully saturated rings. The van der Waals surface area contributed by atoms with Gasteiger partial charge in [-0.25, -0.2) is 0 Å². The second-order valence-corrected chi connectivity index (χ2v) is 5.86. The fraction of sp³-hybridized carbons (Fsp3) is 0.263. The van der Waals surface area contributed by atoms with Crippen LogP contribution in [0.4, 0.5) is 0 Å². The number of carboxylic acids is 1. The fourth-order valence-electron chi connectivity index (χ4n) is 3.36. The Morgan fingerprint density at radius 1 is 1.12 bits per heavy atom. The fourth-order valence-corrected chi connectivity index (χ4v) is 3.36. The van der Waals surface area contributed by atoms with Crippen LogP contribution in [0.3, 0.4) is 0 Å². The lowest BCUT2D eigenvalue weighted by molar-refractivity contribution is -0.140. The lowest BCUT2D eigenvalue weighted by atomic mass is 9.80. The summed E-state index contributed by atoms with van der Waals surface area (Å²) in [6.45, 7) is 1.05. The van der Waals surface area contributed by atoms with Crippen molar-refractivity contribution < 1.29 is 14.7 Å². The molecule has 124 valence electrons. The van der Waals surface area contributed by atoms with Crippen molar-refractivity contribution in [2.24, 2.45) is 0 Å². The summed E-state index contributed by atoms with van der Waals surface area (Å²) in [5.41, 5.74) is 1.90. The number of nitrogens with one attached hydrogen (secondary N) is 1. The summed E-state index contributed by atoms with van der Waals surface area (Å²) in [5, 5.41) is 12.9. The summed E-state index contributed by atoms with van der Waals surface area (Å²) < 4.78 is 0. The third-order valence-corrected chi connectivity index (χ3v) is 4.45. The summed E-state index contributed by atoms with van der Waals surface area (Å²) in [6.07, 6.45) is 0. The van der Waals surface area contributed by atoms with E-state index in [-0.39, 0.29) is 5.91 Å². The molecule has 0 unspecified atom stereocenters. The number of hydrogen-bond donors (Lipinski definition) is 2. The maximum absolute atomic E-state index is 13.0. The van der Waals surface area contributed by atoms with E-state index in [1.165, 1.54) is 0 Å². The molecule has 24 heavy (non-hydrogen) atoms. The molecule has 0 aliphatic carbocycles. The molecule has 0 radical (unpaired) electrons. The highest BCUT2D eigenvalue weighted by atomic mass is 16.4. The van der Waals surface area contributed by atoms with Crippen LogP contribution < -0.4 is 5.32 Å². The number of aliphatic carboxylic acids is 1. The standard InChI is InChI=1S/C19H20N2O3/c1-20-11-12-21-17(13-7-3-2-4-8-13)16(19(23)24)14-9-5-6-10-15(14)18(21)22/h2-10,16-17,20H,11-12H2,1H3,(H,23,24)/t16-,17+/m1/s1. The van der Waals surface area contributed by atoms with Crippen LogP contribution in [0.2, 0.25) is 0 Å². The topological polar surface area (TPSA) is 69.6 Å². The molecule has 2 atom stereocenters. The summed E-state index contributed by atoms with van der Waals surface area (Å²) in [6, 6.07) is 15.9. The largest absolute Gasteiger partial charge is 0.481 e. The first-order chi connectivity index (χ1) is 11.6. The average molecular weight is 324 g/mol. The van der Waals surface area contributed by atoms with Crippen molar-refractivity contribution in [1.82, 2.24) is 10.2 Å². The minimum absolute atomic E-state index is 0.118. The van der Waals surface area contributed by atoms with Gasteiger partial charge in [-0.2, -0.15) is 0 Å². The van der Waals surface area contributed by atoms with E-state index in [0.717, 1.165) is 5.56 Å². The van der Waals surface area contributed by atoms with Gasteiger partial charge < -0.3 is 15.3 Å². The number of fused-ring (bicyclic) bond motifs is 1. The van der Waals surface area contributed by atoms with Gasteiger partial charge in [-0.3, -0.25) is 9.59 Å². The molecule has 0 aromatic heterocycles. The molecule has 1 aliphatic rings. The lowest BCUT2D eigenvalue weighted by Gasteiger charge is -2.40. The molecule has 0 bridgehead atoms. The second-order valence-electron chi connectivity index (χ2n) is 5.86. The lowest BCUT2D eigenvalue weighted by Crippen LogP contribution is -2.47. The average Bonchev–Trinajstić information content (AvgIpc) is 2.61. The minimum atomic E-state index is -0.918. The zero-order chi connectivity index (χ0) is 17.1. The van der Waals surface area contributed by atoms with Gasteiger partial charge in [0, 0.05) is 18.7 Å². The summed E-state index contributed by atoms with van der Waals surface area (Å²) in [5.74, 6) is -1.82. The van der Waals surface area contributed by atoms with Crippen molar-refractivity contribution in [3.05, 3.63) is 71.3 Å². The molecule has 3 rings (SSSR count). The van der Waals surface area contributed by atoms with Gasteiger partial charge in [-0.1, -0.05) is 48.5 Å². The Morgan fingerprint density at radius 2 is 1.79 bits per heavy atom. The molecular weight excluding hydrogens is 304 g/mol. The Labute approximate surface area is 140 Å². The monoisotopic (exact) mass is 324 g/mol. The van der Waals surface area contributed by atoms with E-state index in [9.17, 15) is 14.7 Å². The van der Waals surface area contributed by atoms with Gasteiger partial charge in [-0.05, 0) is 24.2 Å². The van der Waals surface area contributed by atoms with Crippen molar-refractivity contribution >= 4 is 11.9 Å². The Hall–Kier alpha value is -2.66. The van der Waals surface area contributed by atoms with Crippen LogP contribution in [0.15, 0.2) is 54.6 Å². The molecule has 2 N–H and O–H groups in total. The maximum atomic E-state index is 13.0. The van der Waals surface area contributed by atoms with Crippen molar-refractivity contribution in [3.63, 3.8) is 0 Å². The molecule has 2 aromatic carbocycles. The molecule has 2 aromatic rings. The number of hydrogen-bond acceptors (Lipinski definition) is 3. The third kappa shape index (κ3) is 2.78. The highest BCUT2D eigenvalue weighted by Crippen LogP contribution is 2.42. The quantitative estimate of drug-likeness (QED) is 0.885. The van der Waals surface area contributed by atoms with Crippen molar-refractivity contribution in [2.45, 2.75) is 12.0 Å². The van der Waals surface area contributed by atoms with Gasteiger partial charge in [-0.15, -0.1) is 0 Å². The Kier molecular flexibility index (Phi) is 4.62. The number of carboxylic acid groups (broad SMARTS) is 1. The third-order valence-electron chi connectivity index (χ3n) is 4.45. The predicted molar refractivity (Wildman–Crippen MR) is 91.0 cm³/mol. The first-order valence-electron chi connectivity index (χ1n) is 7.97. The van der Waals surface area contributed by atoms with Crippen LogP contribution in [0.1, 0.15) is 33.4 Å². The number of rotatable bonds is 5. The summed E-state index contributed by atoms with van der Waals surface area (Å²) in [4.78, 5) is 26.7. The van der Waals surface area contributed by atoms with Gasteiger partial charge in [0.15, 0.2) is 0 Å². The van der Waals surface area contributed by atoms with E-state index < -0.39 is 17.9 Å². The molecule has 1 amide bonds. The van der Waals surface area contributed by atoms with Gasteiger partial charge in [0.1, 0.15) is 5.92 Å². The van der Waals surface area contributed by atoms with Crippen LogP contribution in [-0.4, -0.2) is 42.0 Å². The zero-order valence-electron chi connectivity index (χ0n) is 13.5. The molecule has 5 nitrogen and oxygen atoms in total. The molecule has 0 spiro atoms. The highest BCUT2D eigenvalue weighted by molar-refractivity contribution is 6.00. The van der Waals surface area contributed by atoms with Gasteiger partial charge in [0.05, 0.1) is 6.04 Å². The van der Waals surface area contributed by atoms with E-state index in [2.05, 4.69) is 5.32 Å². The van der Waals surface area contributed by atoms with Gasteiger partial charge >= 0.3 is 5.97 Å². The van der Waals surface area contributed by atoms with E-state index in [1.807, 2.05) is 37.4 Å². The summed E-state index contributed by atoms with van der Waals surface area (Å²) >= 11 is 0. The number of carbonyl (C=O) groups is 2. The van der Waals surface area contributed by atoms with Crippen molar-refractivity contribution in [2.75, 3.05) is 20.1 Å². The van der Waals surface area contributed by atoms with Gasteiger partial charge in [0.2, 0.25) is 0 Å². The SMILES string of the molecule is CNCCN1C(=O)c2ccccc2[C@@H](C(=O)O)[C@@H]1c1ccccc1. The molecule has 0 saturated carbocycles. The minimum Gasteiger partial charge on any atom is -0.481 e. The second kappa shape index (κ2) is 6.84. The molecule has 0 saturated heterocycles. The van der Waals surface area contributed by atoms with E-state index in [1.54, 1.807) is 29.2 Å². The molecule has 5 heteroatoms. The number of likely N-dealkylation sites (N-methyl/N-ethyl adjacent to an activating group) is 1. The highest BCUT2D eigenvalue weighted by Gasteiger charge is 2.43. The zero-order valence-corrected chi connectivity index (χ0v) is 13.5. The van der Waals surface area contributed by atoms with Crippen LogP contribution in [-0.2, 0) is 4.79 Å². The van der Waals surface area contributed by atoms with Crippen molar-refractivity contribution in [1.29, 1.82) is 0 Å². The van der Waals surface area contributed by atoms with Crippen LogP contribution in [0, 0.1) is 0 Å². The Balaban J connectivity index is 2.16. The van der Waals surface area contributed by atoms with Crippen LogP contribution >= 0.6 is 0 Å². The van der Waals surface area contributed by atoms with Gasteiger partial charge in [0.25, 0.3) is 5.91 Å². The predicted octanol–water partition coefficient (Wildman–Crippen LogP) is 2.27. The molecular formula is C19H20N2O3. The van der Waals surface area contributed by atoms with E-state index in [4.69, 9.17) is 0 Å². The van der Waals surface area contributed by atoms with E-state index in [0.29, 0.717) is 24.2 Å². The van der Waals surface area contributed by atoms with E-state index >= 15 is 0 Å². The van der Waals surface area contributed by atoms with Crippen molar-refractivity contribution in [3.8, 4) is 0 Å². The summed E-state index contributed by atoms with van der Waals surface area (Å²) in [7, 11) is 1.81. The molecule has 1 aliphatic heterocycles. The normalized spacial score (nSPS) is 19.9. The first-order valence-corrected chi connectivity index (χ1v) is 7.97. The number of amides is 1. The maximum Gasteiger partial charge on any atom is 0.313 e. The smallest absolute Gasteiger partial charge is 0.313 e. The van der Waals surface area contributed by atoms with Crippen LogP contribution in [0.5, 0.6) is 0 Å². The number of carbonyl (C=O) groups excluding carboxylic acids is 1. The van der Waals surface area contributed by atoms with Crippen LogP contribution in [0.25, 0.3) is 0 Å². The Bertz CT molecular complexity index is 745. The Morgan fingerprint density at radius 3 is 2.46 bits per heavy atom. The number of nitrogens with zero attached hydrogens (tertiary/aromatic N) is 1. The molecule has 1 heterocycles.